The highest BCUT2D eigenvalue weighted by atomic mass is 15.3. The van der Waals surface area contributed by atoms with Crippen LogP contribution in [-0.2, 0) is 33.0 Å². The van der Waals surface area contributed by atoms with Crippen LogP contribution < -0.4 is 0 Å². The largest absolute Gasteiger partial charge is 0.317 e. The second kappa shape index (κ2) is 6.80. The third-order valence-corrected chi connectivity index (χ3v) is 5.07. The molecule has 0 fully saturated rings. The van der Waals surface area contributed by atoms with Crippen LogP contribution >= 0.6 is 0 Å². The molecule has 0 radical (unpaired) electrons. The van der Waals surface area contributed by atoms with Gasteiger partial charge in [-0.05, 0) is 13.3 Å². The van der Waals surface area contributed by atoms with E-state index in [1.165, 1.54) is 16.8 Å². The Labute approximate surface area is 148 Å². The smallest absolute Gasteiger partial charge is 0.146 e. The third kappa shape index (κ3) is 3.09. The molecule has 0 amide bonds. The molecule has 1 aliphatic rings. The Morgan fingerprint density at radius 1 is 1.08 bits per heavy atom. The maximum absolute atomic E-state index is 4.80. The van der Waals surface area contributed by atoms with Crippen molar-refractivity contribution in [1.82, 2.24) is 29.4 Å². The van der Waals surface area contributed by atoms with Gasteiger partial charge in [-0.1, -0.05) is 30.3 Å². The summed E-state index contributed by atoms with van der Waals surface area (Å²) in [5.74, 6) is 1.05. The monoisotopic (exact) mass is 336 g/mol. The van der Waals surface area contributed by atoms with E-state index in [0.717, 1.165) is 50.5 Å². The van der Waals surface area contributed by atoms with Crippen molar-refractivity contribution in [1.29, 1.82) is 0 Å². The van der Waals surface area contributed by atoms with Crippen LogP contribution in [0.5, 0.6) is 0 Å². The summed E-state index contributed by atoms with van der Waals surface area (Å²) in [4.78, 5) is 2.48. The first-order valence-corrected chi connectivity index (χ1v) is 8.95. The molecule has 0 atom stereocenters. The van der Waals surface area contributed by atoms with Gasteiger partial charge in [0.05, 0.1) is 12.2 Å². The zero-order chi connectivity index (χ0) is 17.2. The van der Waals surface area contributed by atoms with E-state index in [4.69, 9.17) is 5.10 Å². The fraction of sp³-hybridized carbons (Fsp3) is 0.421. The van der Waals surface area contributed by atoms with Gasteiger partial charge in [0, 0.05) is 49.9 Å². The third-order valence-electron chi connectivity index (χ3n) is 5.07. The summed E-state index contributed by atoms with van der Waals surface area (Å²) >= 11 is 0. The Kier molecular flexibility index (Phi) is 4.36. The van der Waals surface area contributed by atoms with Crippen LogP contribution in [0.1, 0.15) is 24.0 Å². The molecule has 0 saturated carbocycles. The Bertz CT molecular complexity index is 848. The quantitative estimate of drug-likeness (QED) is 0.734. The van der Waals surface area contributed by atoms with Crippen molar-refractivity contribution >= 4 is 0 Å². The number of hydrogen-bond acceptors (Lipinski definition) is 4. The van der Waals surface area contributed by atoms with Crippen LogP contribution in [0, 0.1) is 0 Å². The van der Waals surface area contributed by atoms with Gasteiger partial charge in [0.25, 0.3) is 0 Å². The Balaban J connectivity index is 1.56. The van der Waals surface area contributed by atoms with E-state index >= 15 is 0 Å². The predicted molar refractivity (Wildman–Crippen MR) is 97.0 cm³/mol. The molecule has 3 aromatic rings. The average Bonchev–Trinajstić information content (AvgIpc) is 3.15. The van der Waals surface area contributed by atoms with Crippen molar-refractivity contribution in [3.05, 3.63) is 53.7 Å². The van der Waals surface area contributed by atoms with Gasteiger partial charge in [0.1, 0.15) is 12.2 Å². The molecule has 25 heavy (non-hydrogen) atoms. The van der Waals surface area contributed by atoms with E-state index in [0.29, 0.717) is 0 Å². The lowest BCUT2D eigenvalue weighted by Crippen LogP contribution is -2.28. The standard InChI is InChI=1S/C19H24N6/c1-3-25-14-20-21-18(25)13-24-11-9-16-17(10-12-24)23(2)22-19(16)15-7-5-4-6-8-15/h4-8,14H,3,9-13H2,1-2H3. The first-order valence-electron chi connectivity index (χ1n) is 8.95. The van der Waals surface area contributed by atoms with E-state index in [9.17, 15) is 0 Å². The molecule has 0 unspecified atom stereocenters. The van der Waals surface area contributed by atoms with Crippen molar-refractivity contribution < 1.29 is 0 Å². The van der Waals surface area contributed by atoms with Gasteiger partial charge in [-0.15, -0.1) is 10.2 Å². The molecule has 6 nitrogen and oxygen atoms in total. The number of nitrogens with zero attached hydrogens (tertiary/aromatic N) is 6. The minimum atomic E-state index is 0.857. The molecular formula is C19H24N6. The zero-order valence-electron chi connectivity index (χ0n) is 14.9. The number of hydrogen-bond donors (Lipinski definition) is 0. The summed E-state index contributed by atoms with van der Waals surface area (Å²) in [6.45, 7) is 5.95. The summed E-state index contributed by atoms with van der Waals surface area (Å²) in [6, 6.07) is 10.5. The van der Waals surface area contributed by atoms with Crippen molar-refractivity contribution in [3.8, 4) is 11.3 Å². The Morgan fingerprint density at radius 2 is 1.88 bits per heavy atom. The van der Waals surface area contributed by atoms with E-state index < -0.39 is 0 Å². The Hall–Kier alpha value is -2.47. The van der Waals surface area contributed by atoms with E-state index in [2.05, 4.69) is 68.6 Å². The first kappa shape index (κ1) is 16.0. The lowest BCUT2D eigenvalue weighted by atomic mass is 10.0. The van der Waals surface area contributed by atoms with E-state index in [1.807, 2.05) is 6.33 Å². The van der Waals surface area contributed by atoms with Gasteiger partial charge in [-0.25, -0.2) is 0 Å². The number of aryl methyl sites for hydroxylation is 2. The second-order valence-electron chi connectivity index (χ2n) is 6.57. The minimum absolute atomic E-state index is 0.857. The predicted octanol–water partition coefficient (Wildman–Crippen LogP) is 2.30. The van der Waals surface area contributed by atoms with Gasteiger partial charge >= 0.3 is 0 Å². The van der Waals surface area contributed by atoms with Crippen molar-refractivity contribution in [2.75, 3.05) is 13.1 Å². The van der Waals surface area contributed by atoms with Crippen LogP contribution in [0.15, 0.2) is 36.7 Å². The first-order chi connectivity index (χ1) is 12.3. The maximum atomic E-state index is 4.80. The average molecular weight is 336 g/mol. The summed E-state index contributed by atoms with van der Waals surface area (Å²) in [5, 5.41) is 13.1. The fourth-order valence-electron chi connectivity index (χ4n) is 3.68. The van der Waals surface area contributed by atoms with Gasteiger partial charge in [0.15, 0.2) is 0 Å². The summed E-state index contributed by atoms with van der Waals surface area (Å²) < 4.78 is 4.19. The van der Waals surface area contributed by atoms with Gasteiger partial charge in [0.2, 0.25) is 0 Å². The van der Waals surface area contributed by atoms with Crippen molar-refractivity contribution in [2.24, 2.45) is 7.05 Å². The number of rotatable bonds is 4. The molecule has 1 aliphatic heterocycles. The number of fused-ring (bicyclic) bond motifs is 1. The molecule has 0 aliphatic carbocycles. The molecule has 4 rings (SSSR count). The fourth-order valence-corrected chi connectivity index (χ4v) is 3.68. The minimum Gasteiger partial charge on any atom is -0.317 e. The Morgan fingerprint density at radius 3 is 2.68 bits per heavy atom. The highest BCUT2D eigenvalue weighted by molar-refractivity contribution is 5.64. The molecule has 0 spiro atoms. The SMILES string of the molecule is CCn1cnnc1CN1CCc2c(-c3ccccc3)nn(C)c2CC1. The molecule has 3 heterocycles. The highest BCUT2D eigenvalue weighted by Crippen LogP contribution is 2.28. The summed E-state index contributed by atoms with van der Waals surface area (Å²) in [5.41, 5.74) is 5.10. The molecule has 0 bridgehead atoms. The van der Waals surface area contributed by atoms with E-state index in [1.54, 1.807) is 0 Å². The number of benzene rings is 1. The second-order valence-corrected chi connectivity index (χ2v) is 6.57. The van der Waals surface area contributed by atoms with Crippen molar-refractivity contribution in [3.63, 3.8) is 0 Å². The normalized spacial score (nSPS) is 15.1. The topological polar surface area (TPSA) is 51.8 Å². The molecule has 1 aromatic carbocycles. The lowest BCUT2D eigenvalue weighted by molar-refractivity contribution is 0.266. The van der Waals surface area contributed by atoms with Crippen LogP contribution in [0.25, 0.3) is 11.3 Å². The zero-order valence-corrected chi connectivity index (χ0v) is 14.9. The maximum Gasteiger partial charge on any atom is 0.146 e. The molecule has 0 saturated heterocycles. The van der Waals surface area contributed by atoms with Gasteiger partial charge < -0.3 is 4.57 Å². The van der Waals surface area contributed by atoms with E-state index in [-0.39, 0.29) is 0 Å². The molecule has 6 heteroatoms. The number of aromatic nitrogens is 5. The molecular weight excluding hydrogens is 312 g/mol. The highest BCUT2D eigenvalue weighted by Gasteiger charge is 2.23. The van der Waals surface area contributed by atoms with Crippen molar-refractivity contribution in [2.45, 2.75) is 32.9 Å². The molecule has 130 valence electrons. The van der Waals surface area contributed by atoms with Crippen LogP contribution in [0.3, 0.4) is 0 Å². The lowest BCUT2D eigenvalue weighted by Gasteiger charge is -2.19. The van der Waals surface area contributed by atoms with Crippen LogP contribution in [0.4, 0.5) is 0 Å². The summed E-state index contributed by atoms with van der Waals surface area (Å²) in [7, 11) is 2.06. The van der Waals surface area contributed by atoms with Gasteiger partial charge in [-0.2, -0.15) is 5.10 Å². The summed E-state index contributed by atoms with van der Waals surface area (Å²) in [6.07, 6.45) is 3.86. The van der Waals surface area contributed by atoms with Crippen LogP contribution in [0.2, 0.25) is 0 Å². The van der Waals surface area contributed by atoms with Gasteiger partial charge in [-0.3, -0.25) is 9.58 Å². The molecule has 0 N–H and O–H groups in total. The van der Waals surface area contributed by atoms with Crippen LogP contribution in [-0.4, -0.2) is 42.5 Å². The molecule has 2 aromatic heterocycles.